The van der Waals surface area contributed by atoms with Crippen LogP contribution in [0.15, 0.2) is 96.6 Å². The summed E-state index contributed by atoms with van der Waals surface area (Å²) in [6, 6.07) is 28.3. The summed E-state index contributed by atoms with van der Waals surface area (Å²) in [5.74, 6) is 0. The molecule has 140 valence electrons. The highest BCUT2D eigenvalue weighted by atomic mass is 15.1. The van der Waals surface area contributed by atoms with Crippen molar-refractivity contribution >= 4 is 16.9 Å². The van der Waals surface area contributed by atoms with Crippen molar-refractivity contribution in [1.29, 1.82) is 0 Å². The zero-order valence-electron chi connectivity index (χ0n) is 17.1. The van der Waals surface area contributed by atoms with Gasteiger partial charge in [0.1, 0.15) is 0 Å². The molecule has 1 unspecified atom stereocenters. The van der Waals surface area contributed by atoms with Crippen LogP contribution in [0.5, 0.6) is 0 Å². The monoisotopic (exact) mass is 365 g/mol. The van der Waals surface area contributed by atoms with Gasteiger partial charge in [-0.3, -0.25) is 0 Å². The lowest BCUT2D eigenvalue weighted by Crippen LogP contribution is -2.23. The van der Waals surface area contributed by atoms with Crippen molar-refractivity contribution in [3.8, 4) is 0 Å². The normalized spacial score (nSPS) is 18.6. The fourth-order valence-electron chi connectivity index (χ4n) is 4.40. The molecule has 0 amide bonds. The first-order valence-electron chi connectivity index (χ1n) is 9.90. The molecule has 0 fully saturated rings. The molecular weight excluding hydrogens is 338 g/mol. The van der Waals surface area contributed by atoms with Gasteiger partial charge in [-0.15, -0.1) is 0 Å². The minimum absolute atomic E-state index is 0.102. The van der Waals surface area contributed by atoms with Crippen LogP contribution < -0.4 is 4.90 Å². The summed E-state index contributed by atoms with van der Waals surface area (Å²) in [7, 11) is 2.12. The summed E-state index contributed by atoms with van der Waals surface area (Å²) in [6.45, 7) is 6.72. The molecule has 1 aliphatic carbocycles. The second-order valence-electron chi connectivity index (χ2n) is 7.65. The lowest BCUT2D eigenvalue weighted by atomic mass is 9.74. The van der Waals surface area contributed by atoms with Crippen LogP contribution >= 0.6 is 0 Å². The number of para-hydroxylation sites is 1. The van der Waals surface area contributed by atoms with Gasteiger partial charge in [0.2, 0.25) is 0 Å². The van der Waals surface area contributed by atoms with Crippen molar-refractivity contribution in [2.24, 2.45) is 0 Å². The number of fused-ring (bicyclic) bond motifs is 1. The molecule has 1 aliphatic rings. The number of hydrogen-bond donors (Lipinski definition) is 0. The predicted octanol–water partition coefficient (Wildman–Crippen LogP) is 7.12. The molecule has 4 rings (SSSR count). The van der Waals surface area contributed by atoms with Crippen LogP contribution in [0.1, 0.15) is 37.5 Å². The molecule has 0 radical (unpaired) electrons. The van der Waals surface area contributed by atoms with E-state index in [-0.39, 0.29) is 5.41 Å². The number of allylic oxidation sites excluding steroid dienone is 4. The smallest absolute Gasteiger partial charge is 0.0408 e. The molecule has 1 heteroatoms. The summed E-state index contributed by atoms with van der Waals surface area (Å²) < 4.78 is 0. The lowest BCUT2D eigenvalue weighted by Gasteiger charge is -2.30. The van der Waals surface area contributed by atoms with Crippen LogP contribution in [-0.2, 0) is 5.41 Å². The first kappa shape index (κ1) is 18.3. The SMILES string of the molecule is CC=CC1=C(C)C(C)(c2ccc(N(C)c3ccccc3)cc2)c2ccccc21. The molecule has 0 spiro atoms. The number of hydrogen-bond acceptors (Lipinski definition) is 1. The summed E-state index contributed by atoms with van der Waals surface area (Å²) in [6.07, 6.45) is 4.39. The van der Waals surface area contributed by atoms with Gasteiger partial charge >= 0.3 is 0 Å². The van der Waals surface area contributed by atoms with Crippen LogP contribution in [0.2, 0.25) is 0 Å². The molecule has 1 nitrogen and oxygen atoms in total. The largest absolute Gasteiger partial charge is 0.345 e. The Morgan fingerprint density at radius 3 is 2.07 bits per heavy atom. The molecule has 0 aromatic heterocycles. The van der Waals surface area contributed by atoms with Crippen molar-refractivity contribution in [1.82, 2.24) is 0 Å². The highest BCUT2D eigenvalue weighted by molar-refractivity contribution is 5.87. The number of nitrogens with zero attached hydrogens (tertiary/aromatic N) is 1. The van der Waals surface area contributed by atoms with E-state index in [4.69, 9.17) is 0 Å². The highest BCUT2D eigenvalue weighted by Gasteiger charge is 2.39. The van der Waals surface area contributed by atoms with Crippen LogP contribution in [-0.4, -0.2) is 7.05 Å². The summed E-state index contributed by atoms with van der Waals surface area (Å²) >= 11 is 0. The minimum atomic E-state index is -0.102. The fourth-order valence-corrected chi connectivity index (χ4v) is 4.40. The maximum absolute atomic E-state index is 2.35. The van der Waals surface area contributed by atoms with Gasteiger partial charge in [-0.05, 0) is 67.3 Å². The van der Waals surface area contributed by atoms with Crippen LogP contribution in [0.4, 0.5) is 11.4 Å². The van der Waals surface area contributed by atoms with Crippen LogP contribution in [0, 0.1) is 0 Å². The van der Waals surface area contributed by atoms with E-state index in [9.17, 15) is 0 Å². The van der Waals surface area contributed by atoms with E-state index < -0.39 is 0 Å². The first-order valence-corrected chi connectivity index (χ1v) is 9.90. The van der Waals surface area contributed by atoms with Gasteiger partial charge in [0.25, 0.3) is 0 Å². The zero-order chi connectivity index (χ0) is 19.7. The van der Waals surface area contributed by atoms with Crippen molar-refractivity contribution in [2.45, 2.75) is 26.2 Å². The minimum Gasteiger partial charge on any atom is -0.345 e. The molecule has 3 aromatic rings. The van der Waals surface area contributed by atoms with Gasteiger partial charge in [-0.25, -0.2) is 0 Å². The van der Waals surface area contributed by atoms with Crippen LogP contribution in [0.3, 0.4) is 0 Å². The van der Waals surface area contributed by atoms with Gasteiger partial charge in [0.05, 0.1) is 0 Å². The van der Waals surface area contributed by atoms with E-state index in [0.29, 0.717) is 0 Å². The topological polar surface area (TPSA) is 3.24 Å². The Kier molecular flexibility index (Phi) is 4.68. The van der Waals surface area contributed by atoms with Gasteiger partial charge < -0.3 is 4.90 Å². The second-order valence-corrected chi connectivity index (χ2v) is 7.65. The Bertz CT molecular complexity index is 1040. The first-order chi connectivity index (χ1) is 13.6. The van der Waals surface area contributed by atoms with E-state index in [1.807, 2.05) is 0 Å². The van der Waals surface area contributed by atoms with Crippen molar-refractivity contribution in [3.05, 3.63) is 113 Å². The molecule has 3 aromatic carbocycles. The van der Waals surface area contributed by atoms with E-state index in [1.165, 1.54) is 39.2 Å². The molecule has 0 bridgehead atoms. The van der Waals surface area contributed by atoms with E-state index in [0.717, 1.165) is 0 Å². The maximum atomic E-state index is 2.35. The quantitative estimate of drug-likeness (QED) is 0.475. The molecule has 1 atom stereocenters. The Labute approximate surface area is 168 Å². The average Bonchev–Trinajstić information content (AvgIpc) is 2.97. The van der Waals surface area contributed by atoms with E-state index in [1.54, 1.807) is 0 Å². The van der Waals surface area contributed by atoms with Gasteiger partial charge in [0.15, 0.2) is 0 Å². The predicted molar refractivity (Wildman–Crippen MR) is 121 cm³/mol. The third-order valence-electron chi connectivity index (χ3n) is 6.22. The summed E-state index contributed by atoms with van der Waals surface area (Å²) in [5.41, 5.74) is 9.13. The maximum Gasteiger partial charge on any atom is 0.0408 e. The Balaban J connectivity index is 1.77. The van der Waals surface area contributed by atoms with Crippen LogP contribution in [0.25, 0.3) is 5.57 Å². The molecule has 0 saturated heterocycles. The molecule has 28 heavy (non-hydrogen) atoms. The Hall–Kier alpha value is -3.06. The summed E-state index contributed by atoms with van der Waals surface area (Å²) in [4.78, 5) is 2.22. The lowest BCUT2D eigenvalue weighted by molar-refractivity contribution is 0.691. The molecule has 0 aliphatic heterocycles. The molecule has 0 heterocycles. The molecule has 0 N–H and O–H groups in total. The fraction of sp³-hybridized carbons (Fsp3) is 0.185. The Morgan fingerprint density at radius 2 is 1.39 bits per heavy atom. The van der Waals surface area contributed by atoms with Gasteiger partial charge in [-0.1, -0.05) is 72.3 Å². The van der Waals surface area contributed by atoms with E-state index in [2.05, 4.69) is 124 Å². The Morgan fingerprint density at radius 1 is 0.786 bits per heavy atom. The molecular formula is C27H27N. The zero-order valence-corrected chi connectivity index (χ0v) is 17.1. The summed E-state index contributed by atoms with van der Waals surface area (Å²) in [5, 5.41) is 0. The number of benzene rings is 3. The van der Waals surface area contributed by atoms with Gasteiger partial charge in [-0.2, -0.15) is 0 Å². The van der Waals surface area contributed by atoms with Gasteiger partial charge in [0, 0.05) is 23.8 Å². The second kappa shape index (κ2) is 7.16. The third-order valence-corrected chi connectivity index (χ3v) is 6.22. The number of anilines is 2. The van der Waals surface area contributed by atoms with Crippen molar-refractivity contribution in [3.63, 3.8) is 0 Å². The third kappa shape index (κ3) is 2.79. The van der Waals surface area contributed by atoms with Crippen molar-refractivity contribution < 1.29 is 0 Å². The van der Waals surface area contributed by atoms with E-state index >= 15 is 0 Å². The van der Waals surface area contributed by atoms with Crippen molar-refractivity contribution in [2.75, 3.05) is 11.9 Å². The molecule has 0 saturated carbocycles. The number of rotatable bonds is 4. The standard InChI is InChI=1S/C27H27N/c1-5-11-24-20(2)27(3,26-15-10-9-14-25(24)26)21-16-18-23(19-17-21)28(4)22-12-7-6-8-13-22/h5-19H,1-4H3. The highest BCUT2D eigenvalue weighted by Crippen LogP contribution is 2.50. The average molecular weight is 366 g/mol.